The molecule has 1 saturated carbocycles. The maximum atomic E-state index is 12.3. The first-order valence-corrected chi connectivity index (χ1v) is 9.35. The van der Waals surface area contributed by atoms with E-state index in [0.29, 0.717) is 12.8 Å². The maximum Gasteiger partial charge on any atom is 0.329 e. The lowest BCUT2D eigenvalue weighted by atomic mass is 9.81. The minimum Gasteiger partial charge on any atom is -0.480 e. The second-order valence-corrected chi connectivity index (χ2v) is 8.11. The van der Waals surface area contributed by atoms with Crippen LogP contribution in [0, 0.1) is 0 Å². The summed E-state index contributed by atoms with van der Waals surface area (Å²) in [5.74, 6) is -1.52. The van der Waals surface area contributed by atoms with E-state index in [1.807, 2.05) is 0 Å². The van der Waals surface area contributed by atoms with Crippen LogP contribution in [0.3, 0.4) is 0 Å². The predicted octanol–water partition coefficient (Wildman–Crippen LogP) is 2.00. The molecule has 6 nitrogen and oxygen atoms in total. The third kappa shape index (κ3) is 3.72. The van der Waals surface area contributed by atoms with Crippen molar-refractivity contribution in [3.63, 3.8) is 0 Å². The van der Waals surface area contributed by atoms with Crippen molar-refractivity contribution < 1.29 is 23.1 Å². The fourth-order valence-electron chi connectivity index (χ4n) is 2.82. The molecule has 0 aliphatic heterocycles. The molecule has 1 aliphatic carbocycles. The molecule has 1 amide bonds. The van der Waals surface area contributed by atoms with Gasteiger partial charge in [0.25, 0.3) is 5.91 Å². The zero-order chi connectivity index (χ0) is 17.1. The fourth-order valence-corrected chi connectivity index (χ4v) is 3.70. The second-order valence-electron chi connectivity index (χ2n) is 5.83. The Labute approximate surface area is 135 Å². The summed E-state index contributed by atoms with van der Waals surface area (Å²) in [6.45, 7) is 1.55. The van der Waals surface area contributed by atoms with E-state index < -0.39 is 27.3 Å². The molecule has 23 heavy (non-hydrogen) atoms. The van der Waals surface area contributed by atoms with Crippen LogP contribution in [0.2, 0.25) is 0 Å². The summed E-state index contributed by atoms with van der Waals surface area (Å²) >= 11 is 0. The average molecular weight is 339 g/mol. The molecular formula is C16H21NO5S. The first-order chi connectivity index (χ1) is 10.8. The number of nitrogens with one attached hydrogen (secondary N) is 1. The summed E-state index contributed by atoms with van der Waals surface area (Å²) in [6.07, 6.45) is 3.32. The molecule has 126 valence electrons. The van der Waals surface area contributed by atoms with E-state index in [-0.39, 0.29) is 16.2 Å². The number of amides is 1. The van der Waals surface area contributed by atoms with Crippen molar-refractivity contribution in [2.45, 2.75) is 49.5 Å². The van der Waals surface area contributed by atoms with Crippen molar-refractivity contribution in [3.05, 3.63) is 29.8 Å². The van der Waals surface area contributed by atoms with E-state index in [9.17, 15) is 23.1 Å². The van der Waals surface area contributed by atoms with Gasteiger partial charge in [0.15, 0.2) is 9.84 Å². The molecule has 1 aliphatic rings. The third-order valence-corrected chi connectivity index (χ3v) is 6.08. The van der Waals surface area contributed by atoms with Gasteiger partial charge in [-0.1, -0.05) is 26.2 Å². The Kier molecular flexibility index (Phi) is 5.09. The van der Waals surface area contributed by atoms with Crippen LogP contribution in [0.15, 0.2) is 29.2 Å². The molecular weight excluding hydrogens is 318 g/mol. The van der Waals surface area contributed by atoms with Gasteiger partial charge in [0.1, 0.15) is 5.54 Å². The number of rotatable bonds is 5. The third-order valence-electron chi connectivity index (χ3n) is 4.32. The summed E-state index contributed by atoms with van der Waals surface area (Å²) in [7, 11) is -3.32. The van der Waals surface area contributed by atoms with Crippen LogP contribution < -0.4 is 5.32 Å². The Balaban J connectivity index is 2.18. The lowest BCUT2D eigenvalue weighted by molar-refractivity contribution is -0.145. The monoisotopic (exact) mass is 339 g/mol. The Bertz CT molecular complexity index is 688. The van der Waals surface area contributed by atoms with E-state index in [2.05, 4.69) is 5.32 Å². The van der Waals surface area contributed by atoms with Gasteiger partial charge in [-0.3, -0.25) is 4.79 Å². The number of benzene rings is 1. The molecule has 0 heterocycles. The van der Waals surface area contributed by atoms with Crippen LogP contribution in [0.5, 0.6) is 0 Å². The Morgan fingerprint density at radius 3 is 2.17 bits per heavy atom. The maximum absolute atomic E-state index is 12.3. The van der Waals surface area contributed by atoms with Crippen LogP contribution in [-0.4, -0.2) is 36.7 Å². The van der Waals surface area contributed by atoms with Crippen molar-refractivity contribution in [2.75, 3.05) is 5.75 Å². The minimum atomic E-state index is -3.32. The van der Waals surface area contributed by atoms with E-state index in [1.54, 1.807) is 6.92 Å². The average Bonchev–Trinajstić information content (AvgIpc) is 2.55. The molecule has 2 N–H and O–H groups in total. The summed E-state index contributed by atoms with van der Waals surface area (Å²) in [6, 6.07) is 5.58. The standard InChI is InChI=1S/C16H21NO5S/c1-2-23(21,22)13-8-6-12(7-9-13)14(18)17-16(15(19)20)10-4-3-5-11-16/h6-9H,2-5,10-11H2,1H3,(H,17,18)(H,19,20). The predicted molar refractivity (Wildman–Crippen MR) is 85.1 cm³/mol. The highest BCUT2D eigenvalue weighted by Crippen LogP contribution is 2.29. The molecule has 2 rings (SSSR count). The quantitative estimate of drug-likeness (QED) is 0.854. The zero-order valence-electron chi connectivity index (χ0n) is 13.0. The van der Waals surface area contributed by atoms with Crippen molar-refractivity contribution in [2.24, 2.45) is 0 Å². The van der Waals surface area contributed by atoms with E-state index in [1.165, 1.54) is 24.3 Å². The molecule has 1 aromatic carbocycles. The topological polar surface area (TPSA) is 101 Å². The molecule has 0 atom stereocenters. The number of aliphatic carboxylic acids is 1. The molecule has 0 unspecified atom stereocenters. The summed E-state index contributed by atoms with van der Waals surface area (Å²) < 4.78 is 23.5. The van der Waals surface area contributed by atoms with Gasteiger partial charge in [0.2, 0.25) is 0 Å². The molecule has 7 heteroatoms. The summed E-state index contributed by atoms with van der Waals surface area (Å²) in [4.78, 5) is 24.1. The second kappa shape index (κ2) is 6.70. The highest BCUT2D eigenvalue weighted by molar-refractivity contribution is 7.91. The number of carboxylic acids is 1. The Hall–Kier alpha value is -1.89. The van der Waals surface area contributed by atoms with Gasteiger partial charge in [-0.2, -0.15) is 0 Å². The van der Waals surface area contributed by atoms with Crippen LogP contribution >= 0.6 is 0 Å². The molecule has 0 spiro atoms. The number of sulfone groups is 1. The van der Waals surface area contributed by atoms with Gasteiger partial charge in [-0.25, -0.2) is 13.2 Å². The SMILES string of the molecule is CCS(=O)(=O)c1ccc(C(=O)NC2(C(=O)O)CCCCC2)cc1. The molecule has 1 aromatic rings. The van der Waals surface area contributed by atoms with Crippen LogP contribution in [0.1, 0.15) is 49.4 Å². The lowest BCUT2D eigenvalue weighted by Crippen LogP contribution is -2.55. The number of carbonyl (C=O) groups is 2. The molecule has 0 aromatic heterocycles. The van der Waals surface area contributed by atoms with Crippen LogP contribution in [0.4, 0.5) is 0 Å². The van der Waals surface area contributed by atoms with Crippen molar-refractivity contribution in [1.82, 2.24) is 5.32 Å². The summed E-state index contributed by atoms with van der Waals surface area (Å²) in [5.41, 5.74) is -0.963. The summed E-state index contributed by atoms with van der Waals surface area (Å²) in [5, 5.41) is 12.1. The van der Waals surface area contributed by atoms with Crippen molar-refractivity contribution in [1.29, 1.82) is 0 Å². The Morgan fingerprint density at radius 1 is 1.13 bits per heavy atom. The lowest BCUT2D eigenvalue weighted by Gasteiger charge is -2.34. The van der Waals surface area contributed by atoms with Gasteiger partial charge < -0.3 is 10.4 Å². The molecule has 1 fully saturated rings. The smallest absolute Gasteiger partial charge is 0.329 e. The van der Waals surface area contributed by atoms with Gasteiger partial charge in [0, 0.05) is 5.56 Å². The van der Waals surface area contributed by atoms with Crippen LogP contribution in [-0.2, 0) is 14.6 Å². The van der Waals surface area contributed by atoms with Gasteiger partial charge in [-0.15, -0.1) is 0 Å². The van der Waals surface area contributed by atoms with Crippen molar-refractivity contribution in [3.8, 4) is 0 Å². The largest absolute Gasteiger partial charge is 0.480 e. The number of hydrogen-bond donors (Lipinski definition) is 2. The zero-order valence-corrected chi connectivity index (χ0v) is 13.9. The first kappa shape index (κ1) is 17.5. The van der Waals surface area contributed by atoms with Crippen molar-refractivity contribution >= 4 is 21.7 Å². The number of carboxylic acid groups (broad SMARTS) is 1. The van der Waals surface area contributed by atoms with E-state index in [4.69, 9.17) is 0 Å². The van der Waals surface area contributed by atoms with E-state index in [0.717, 1.165) is 19.3 Å². The number of carbonyl (C=O) groups excluding carboxylic acids is 1. The first-order valence-electron chi connectivity index (χ1n) is 7.69. The van der Waals surface area contributed by atoms with Gasteiger partial charge in [-0.05, 0) is 37.1 Å². The molecule has 0 radical (unpaired) electrons. The highest BCUT2D eigenvalue weighted by Gasteiger charge is 2.41. The molecule has 0 saturated heterocycles. The van der Waals surface area contributed by atoms with E-state index >= 15 is 0 Å². The number of hydrogen-bond acceptors (Lipinski definition) is 4. The highest BCUT2D eigenvalue weighted by atomic mass is 32.2. The minimum absolute atomic E-state index is 0.0132. The fraction of sp³-hybridized carbons (Fsp3) is 0.500. The van der Waals surface area contributed by atoms with Crippen LogP contribution in [0.25, 0.3) is 0 Å². The Morgan fingerprint density at radius 2 is 1.70 bits per heavy atom. The van der Waals surface area contributed by atoms with Gasteiger partial charge in [0.05, 0.1) is 10.6 Å². The normalized spacial score (nSPS) is 17.4. The van der Waals surface area contributed by atoms with Gasteiger partial charge >= 0.3 is 5.97 Å². The molecule has 0 bridgehead atoms.